The third-order valence-electron chi connectivity index (χ3n) is 4.08. The summed E-state index contributed by atoms with van der Waals surface area (Å²) in [6, 6.07) is 5.55. The largest absolute Gasteiger partial charge is 0.481 e. The summed E-state index contributed by atoms with van der Waals surface area (Å²) < 4.78 is 1.79. The monoisotopic (exact) mass is 287 g/mol. The number of carboxylic acid groups (broad SMARTS) is 1. The molecule has 0 bridgehead atoms. The molecule has 0 saturated carbocycles. The molecular weight excluding hydrogens is 270 g/mol. The van der Waals surface area contributed by atoms with Gasteiger partial charge < -0.3 is 14.4 Å². The van der Waals surface area contributed by atoms with E-state index in [1.54, 1.807) is 22.4 Å². The summed E-state index contributed by atoms with van der Waals surface area (Å²) in [7, 11) is 0. The number of pyridine rings is 1. The summed E-state index contributed by atoms with van der Waals surface area (Å²) in [5, 5.41) is 9.32. The molecule has 0 radical (unpaired) electrons. The molecule has 1 aliphatic rings. The molecule has 0 aliphatic carbocycles. The van der Waals surface area contributed by atoms with Crippen LogP contribution in [0.3, 0.4) is 0 Å². The number of fused-ring (bicyclic) bond motifs is 1. The Hall–Kier alpha value is -2.37. The van der Waals surface area contributed by atoms with Crippen LogP contribution in [-0.2, 0) is 4.79 Å². The van der Waals surface area contributed by atoms with Crippen LogP contribution in [0.2, 0.25) is 0 Å². The molecule has 0 aromatic carbocycles. The maximum atomic E-state index is 12.5. The van der Waals surface area contributed by atoms with Crippen molar-refractivity contribution >= 4 is 17.5 Å². The number of hydrogen-bond donors (Lipinski definition) is 1. The average molecular weight is 287 g/mol. The Morgan fingerprint density at radius 1 is 1.38 bits per heavy atom. The summed E-state index contributed by atoms with van der Waals surface area (Å²) in [4.78, 5) is 29.8. The van der Waals surface area contributed by atoms with Gasteiger partial charge in [-0.3, -0.25) is 9.59 Å². The van der Waals surface area contributed by atoms with Gasteiger partial charge in [-0.1, -0.05) is 6.07 Å². The van der Waals surface area contributed by atoms with Crippen molar-refractivity contribution in [3.8, 4) is 0 Å². The number of nitrogens with zero attached hydrogens (tertiary/aromatic N) is 3. The van der Waals surface area contributed by atoms with E-state index in [9.17, 15) is 14.7 Å². The molecule has 2 aromatic heterocycles. The SMILES string of the molecule is CC1(C(=O)O)CCCN(C(=O)c2cn3ccccc3n2)C1. The molecule has 1 amide bonds. The Morgan fingerprint density at radius 3 is 2.90 bits per heavy atom. The molecule has 1 fully saturated rings. The summed E-state index contributed by atoms with van der Waals surface area (Å²) >= 11 is 0. The van der Waals surface area contributed by atoms with Crippen molar-refractivity contribution in [1.82, 2.24) is 14.3 Å². The number of imidazole rings is 1. The van der Waals surface area contributed by atoms with Gasteiger partial charge in [0, 0.05) is 25.5 Å². The molecule has 3 rings (SSSR count). The highest BCUT2D eigenvalue weighted by Crippen LogP contribution is 2.30. The van der Waals surface area contributed by atoms with Gasteiger partial charge in [0.2, 0.25) is 0 Å². The lowest BCUT2D eigenvalue weighted by Crippen LogP contribution is -2.48. The minimum absolute atomic E-state index is 0.203. The van der Waals surface area contributed by atoms with E-state index in [2.05, 4.69) is 4.98 Å². The van der Waals surface area contributed by atoms with Gasteiger partial charge in [0.1, 0.15) is 11.3 Å². The second-order valence-electron chi connectivity index (χ2n) is 5.79. The number of aliphatic carboxylic acids is 1. The van der Waals surface area contributed by atoms with Gasteiger partial charge in [0.25, 0.3) is 5.91 Å². The van der Waals surface area contributed by atoms with Crippen molar-refractivity contribution in [2.45, 2.75) is 19.8 Å². The third-order valence-corrected chi connectivity index (χ3v) is 4.08. The van der Waals surface area contributed by atoms with Crippen molar-refractivity contribution in [3.63, 3.8) is 0 Å². The molecule has 2 aromatic rings. The van der Waals surface area contributed by atoms with Crippen LogP contribution in [0.5, 0.6) is 0 Å². The number of rotatable bonds is 2. The fraction of sp³-hybridized carbons (Fsp3) is 0.400. The second-order valence-corrected chi connectivity index (χ2v) is 5.79. The van der Waals surface area contributed by atoms with Crippen molar-refractivity contribution in [2.24, 2.45) is 5.41 Å². The van der Waals surface area contributed by atoms with Crippen LogP contribution in [0.4, 0.5) is 0 Å². The van der Waals surface area contributed by atoms with E-state index in [1.807, 2.05) is 24.4 Å². The van der Waals surface area contributed by atoms with Gasteiger partial charge in [-0.05, 0) is 31.9 Å². The number of amides is 1. The molecule has 6 nitrogen and oxygen atoms in total. The molecule has 110 valence electrons. The van der Waals surface area contributed by atoms with Gasteiger partial charge in [-0.15, -0.1) is 0 Å². The lowest BCUT2D eigenvalue weighted by molar-refractivity contribution is -0.150. The minimum Gasteiger partial charge on any atom is -0.481 e. The molecule has 3 heterocycles. The Balaban J connectivity index is 1.86. The smallest absolute Gasteiger partial charge is 0.311 e. The van der Waals surface area contributed by atoms with E-state index in [4.69, 9.17) is 0 Å². The Labute approximate surface area is 122 Å². The summed E-state index contributed by atoms with van der Waals surface area (Å²) in [6.07, 6.45) is 4.81. The van der Waals surface area contributed by atoms with Crippen LogP contribution in [0, 0.1) is 5.41 Å². The number of carbonyl (C=O) groups is 2. The summed E-state index contributed by atoms with van der Waals surface area (Å²) in [5.74, 6) is -1.05. The van der Waals surface area contributed by atoms with E-state index < -0.39 is 11.4 Å². The zero-order chi connectivity index (χ0) is 15.0. The van der Waals surface area contributed by atoms with E-state index in [0.717, 1.165) is 0 Å². The topological polar surface area (TPSA) is 74.9 Å². The molecule has 1 aliphatic heterocycles. The first-order chi connectivity index (χ1) is 9.99. The molecule has 1 saturated heterocycles. The zero-order valence-electron chi connectivity index (χ0n) is 11.8. The molecule has 1 N–H and O–H groups in total. The molecule has 0 spiro atoms. The highest BCUT2D eigenvalue weighted by molar-refractivity contribution is 5.93. The van der Waals surface area contributed by atoms with E-state index in [0.29, 0.717) is 30.7 Å². The van der Waals surface area contributed by atoms with Gasteiger partial charge in [-0.25, -0.2) is 4.98 Å². The Kier molecular flexibility index (Phi) is 3.16. The fourth-order valence-corrected chi connectivity index (χ4v) is 2.79. The summed E-state index contributed by atoms with van der Waals surface area (Å²) in [5.41, 5.74) is 0.197. The van der Waals surface area contributed by atoms with Crippen molar-refractivity contribution in [3.05, 3.63) is 36.3 Å². The quantitative estimate of drug-likeness (QED) is 0.911. The highest BCUT2D eigenvalue weighted by atomic mass is 16.4. The first kappa shape index (κ1) is 13.6. The van der Waals surface area contributed by atoms with Crippen LogP contribution < -0.4 is 0 Å². The first-order valence-corrected chi connectivity index (χ1v) is 6.96. The van der Waals surface area contributed by atoms with Crippen LogP contribution in [0.1, 0.15) is 30.3 Å². The van der Waals surface area contributed by atoms with Gasteiger partial charge in [0.05, 0.1) is 5.41 Å². The van der Waals surface area contributed by atoms with Crippen molar-refractivity contribution in [1.29, 1.82) is 0 Å². The van der Waals surface area contributed by atoms with Crippen LogP contribution in [0.25, 0.3) is 5.65 Å². The van der Waals surface area contributed by atoms with Crippen LogP contribution in [-0.4, -0.2) is 44.4 Å². The molecule has 21 heavy (non-hydrogen) atoms. The molecule has 6 heteroatoms. The molecule has 1 unspecified atom stereocenters. The lowest BCUT2D eigenvalue weighted by Gasteiger charge is -2.37. The van der Waals surface area contributed by atoms with Crippen molar-refractivity contribution in [2.75, 3.05) is 13.1 Å². The maximum Gasteiger partial charge on any atom is 0.311 e. The lowest BCUT2D eigenvalue weighted by atomic mass is 9.82. The number of piperidine rings is 1. The van der Waals surface area contributed by atoms with Gasteiger partial charge in [-0.2, -0.15) is 0 Å². The average Bonchev–Trinajstić information content (AvgIpc) is 2.90. The second kappa shape index (κ2) is 4.87. The normalized spacial score (nSPS) is 22.4. The van der Waals surface area contributed by atoms with E-state index in [-0.39, 0.29) is 12.5 Å². The number of likely N-dealkylation sites (tertiary alicyclic amines) is 1. The van der Waals surface area contributed by atoms with Crippen LogP contribution in [0.15, 0.2) is 30.6 Å². The van der Waals surface area contributed by atoms with Crippen LogP contribution >= 0.6 is 0 Å². The first-order valence-electron chi connectivity index (χ1n) is 6.96. The third kappa shape index (κ3) is 2.37. The predicted molar refractivity (Wildman–Crippen MR) is 76.1 cm³/mol. The number of carboxylic acids is 1. The highest BCUT2D eigenvalue weighted by Gasteiger charge is 2.39. The fourth-order valence-electron chi connectivity index (χ4n) is 2.79. The van der Waals surface area contributed by atoms with E-state index >= 15 is 0 Å². The van der Waals surface area contributed by atoms with E-state index in [1.165, 1.54) is 0 Å². The number of hydrogen-bond acceptors (Lipinski definition) is 3. The Morgan fingerprint density at radius 2 is 2.19 bits per heavy atom. The zero-order valence-corrected chi connectivity index (χ0v) is 11.8. The Bertz CT molecular complexity index is 676. The van der Waals surface area contributed by atoms with Gasteiger partial charge >= 0.3 is 5.97 Å². The minimum atomic E-state index is -0.868. The summed E-state index contributed by atoms with van der Waals surface area (Å²) in [6.45, 7) is 2.50. The van der Waals surface area contributed by atoms with Gasteiger partial charge in [0.15, 0.2) is 0 Å². The number of carbonyl (C=O) groups excluding carboxylic acids is 1. The maximum absolute atomic E-state index is 12.5. The molecular formula is C15H17N3O3. The number of aromatic nitrogens is 2. The predicted octanol–water partition coefficient (Wildman–Crippen LogP) is 1.66. The van der Waals surface area contributed by atoms with Crippen molar-refractivity contribution < 1.29 is 14.7 Å². The molecule has 1 atom stereocenters. The standard InChI is InChI=1S/C15H17N3O3/c1-15(14(20)21)6-4-8-18(10-15)13(19)11-9-17-7-3-2-5-12(17)16-11/h2-3,5,7,9H,4,6,8,10H2,1H3,(H,20,21).